The monoisotopic (exact) mass is 697 g/mol. The summed E-state index contributed by atoms with van der Waals surface area (Å²) in [6.07, 6.45) is 5.72. The highest BCUT2D eigenvalue weighted by Crippen LogP contribution is 2.47. The van der Waals surface area contributed by atoms with Crippen molar-refractivity contribution >= 4 is 17.8 Å². The Kier molecular flexibility index (Phi) is 13.2. The average molecular weight is 698 g/mol. The third-order valence-corrected chi connectivity index (χ3v) is 9.49. The van der Waals surface area contributed by atoms with Crippen molar-refractivity contribution in [2.45, 2.75) is 110 Å². The number of halogens is 1. The first kappa shape index (κ1) is 39.0. The summed E-state index contributed by atoms with van der Waals surface area (Å²) >= 11 is 6.33. The fourth-order valence-electron chi connectivity index (χ4n) is 5.95. The zero-order valence-electron chi connectivity index (χ0n) is 31.2. The molecule has 0 radical (unpaired) electrons. The SMILES string of the molecule is CCCCOc1ccc(C(C)(C)C)cc1C(O)(c1cc(C(C)(C)C)ccc1OCCCC)C(Cc1ccccc1)N=Cc1cccc(Cl)c1O. The lowest BCUT2D eigenvalue weighted by Crippen LogP contribution is -2.42. The topological polar surface area (TPSA) is 71.3 Å². The van der Waals surface area contributed by atoms with Crippen LogP contribution in [0.1, 0.15) is 114 Å². The molecule has 0 spiro atoms. The smallest absolute Gasteiger partial charge is 0.144 e. The quantitative estimate of drug-likeness (QED) is 0.0958. The first-order valence-electron chi connectivity index (χ1n) is 18.0. The summed E-state index contributed by atoms with van der Waals surface area (Å²) in [5.41, 5.74) is 2.67. The minimum atomic E-state index is -1.74. The molecule has 6 heteroatoms. The lowest BCUT2D eigenvalue weighted by Gasteiger charge is -2.39. The van der Waals surface area contributed by atoms with Crippen LogP contribution in [0.5, 0.6) is 17.2 Å². The molecule has 4 aromatic carbocycles. The van der Waals surface area contributed by atoms with Gasteiger partial charge in [-0.05, 0) is 83.2 Å². The van der Waals surface area contributed by atoms with E-state index in [9.17, 15) is 10.2 Å². The van der Waals surface area contributed by atoms with Gasteiger partial charge in [-0.25, -0.2) is 0 Å². The van der Waals surface area contributed by atoms with Crippen molar-refractivity contribution in [3.8, 4) is 17.2 Å². The van der Waals surface area contributed by atoms with Crippen molar-refractivity contribution in [3.63, 3.8) is 0 Å². The van der Waals surface area contributed by atoms with Crippen LogP contribution in [-0.4, -0.2) is 35.7 Å². The van der Waals surface area contributed by atoms with Crippen molar-refractivity contribution in [1.29, 1.82) is 0 Å². The van der Waals surface area contributed by atoms with E-state index in [-0.39, 0.29) is 21.6 Å². The molecule has 0 bridgehead atoms. The number of unbranched alkanes of at least 4 members (excludes halogenated alkanes) is 2. The molecule has 0 aliphatic heterocycles. The molecule has 0 aliphatic rings. The summed E-state index contributed by atoms with van der Waals surface area (Å²) in [5.74, 6) is 1.15. The predicted octanol–water partition coefficient (Wildman–Crippen LogP) is 11.0. The Morgan fingerprint density at radius 2 is 1.24 bits per heavy atom. The van der Waals surface area contributed by atoms with Crippen LogP contribution in [0.3, 0.4) is 0 Å². The molecule has 0 saturated carbocycles. The number of phenols is 1. The molecule has 2 N–H and O–H groups in total. The van der Waals surface area contributed by atoms with Crippen LogP contribution in [-0.2, 0) is 22.9 Å². The van der Waals surface area contributed by atoms with E-state index in [2.05, 4.69) is 79.7 Å². The van der Waals surface area contributed by atoms with E-state index < -0.39 is 11.6 Å². The summed E-state index contributed by atoms with van der Waals surface area (Å²) in [7, 11) is 0. The molecule has 268 valence electrons. The number of phenolic OH excluding ortho intramolecular Hbond substituents is 1. The summed E-state index contributed by atoms with van der Waals surface area (Å²) < 4.78 is 13.1. The van der Waals surface area contributed by atoms with Crippen molar-refractivity contribution in [1.82, 2.24) is 0 Å². The molecule has 1 atom stereocenters. The van der Waals surface area contributed by atoms with Gasteiger partial charge in [-0.2, -0.15) is 0 Å². The Labute approximate surface area is 305 Å². The molecule has 0 fully saturated rings. The molecule has 0 aromatic heterocycles. The van der Waals surface area contributed by atoms with Gasteiger partial charge in [-0.3, -0.25) is 4.99 Å². The minimum Gasteiger partial charge on any atom is -0.506 e. The number of rotatable bonds is 15. The fourth-order valence-corrected chi connectivity index (χ4v) is 6.13. The standard InChI is InChI=1S/C44H56ClNO4/c1-9-11-25-49-38-23-21-33(42(3,4)5)28-35(38)44(48,36-29-34(43(6,7)8)22-24-39(36)50-26-12-10-2)40(27-31-17-14-13-15-18-31)46-30-32-19-16-20-37(45)41(32)47/h13-24,28-30,40,47-48H,9-12,25-27H2,1-8H3. The van der Waals surface area contributed by atoms with Crippen LogP contribution >= 0.6 is 11.6 Å². The average Bonchev–Trinajstić information content (AvgIpc) is 3.08. The van der Waals surface area contributed by atoms with Gasteiger partial charge in [0.15, 0.2) is 0 Å². The minimum absolute atomic E-state index is 0.0587. The van der Waals surface area contributed by atoms with Crippen LogP contribution in [0.2, 0.25) is 5.02 Å². The van der Waals surface area contributed by atoms with Gasteiger partial charge in [-0.15, -0.1) is 0 Å². The molecule has 0 aliphatic carbocycles. The number of para-hydroxylation sites is 1. The molecule has 0 heterocycles. The molecular weight excluding hydrogens is 642 g/mol. The maximum Gasteiger partial charge on any atom is 0.144 e. The lowest BCUT2D eigenvalue weighted by molar-refractivity contribution is 0.0460. The maximum atomic E-state index is 14.0. The third kappa shape index (κ3) is 9.50. The second kappa shape index (κ2) is 16.9. The van der Waals surface area contributed by atoms with Gasteiger partial charge in [0.05, 0.1) is 24.3 Å². The summed E-state index contributed by atoms with van der Waals surface area (Å²) in [6.45, 7) is 18.3. The van der Waals surface area contributed by atoms with Crippen LogP contribution in [0.15, 0.2) is 89.9 Å². The van der Waals surface area contributed by atoms with E-state index in [1.807, 2.05) is 42.5 Å². The van der Waals surface area contributed by atoms with Gasteiger partial charge >= 0.3 is 0 Å². The normalized spacial score (nSPS) is 13.1. The second-order valence-corrected chi connectivity index (χ2v) is 15.7. The zero-order chi connectivity index (χ0) is 36.5. The van der Waals surface area contributed by atoms with E-state index in [1.165, 1.54) is 0 Å². The van der Waals surface area contributed by atoms with Gasteiger partial charge in [-0.1, -0.05) is 128 Å². The number of nitrogens with zero attached hydrogens (tertiary/aromatic N) is 1. The van der Waals surface area contributed by atoms with Crippen LogP contribution in [0.25, 0.3) is 0 Å². The Morgan fingerprint density at radius 1 is 0.720 bits per heavy atom. The first-order valence-corrected chi connectivity index (χ1v) is 18.4. The highest BCUT2D eigenvalue weighted by molar-refractivity contribution is 6.32. The maximum absolute atomic E-state index is 14.0. The summed E-state index contributed by atoms with van der Waals surface area (Å²) in [6, 6.07) is 26.8. The highest BCUT2D eigenvalue weighted by Gasteiger charge is 2.45. The van der Waals surface area contributed by atoms with Crippen molar-refractivity contribution in [2.24, 2.45) is 4.99 Å². The Balaban J connectivity index is 2.14. The predicted molar refractivity (Wildman–Crippen MR) is 209 cm³/mol. The van der Waals surface area contributed by atoms with Gasteiger partial charge in [0.25, 0.3) is 0 Å². The fraction of sp³-hybridized carbons (Fsp3) is 0.432. The van der Waals surface area contributed by atoms with Crippen LogP contribution in [0, 0.1) is 0 Å². The van der Waals surface area contributed by atoms with Crippen molar-refractivity contribution in [3.05, 3.63) is 123 Å². The molecular formula is C44H56ClNO4. The van der Waals surface area contributed by atoms with Gasteiger partial charge in [0.2, 0.25) is 0 Å². The Morgan fingerprint density at radius 3 is 1.72 bits per heavy atom. The van der Waals surface area contributed by atoms with Gasteiger partial charge in [0.1, 0.15) is 22.8 Å². The van der Waals surface area contributed by atoms with Gasteiger partial charge < -0.3 is 19.7 Å². The molecule has 0 saturated heterocycles. The summed E-state index contributed by atoms with van der Waals surface area (Å²) in [5, 5.41) is 25.1. The molecule has 0 amide bonds. The Bertz CT molecular complexity index is 1650. The number of aliphatic hydroxyl groups is 1. The number of ether oxygens (including phenoxy) is 2. The number of aromatic hydroxyl groups is 1. The number of hydrogen-bond acceptors (Lipinski definition) is 5. The third-order valence-electron chi connectivity index (χ3n) is 9.19. The van der Waals surface area contributed by atoms with E-state index >= 15 is 0 Å². The highest BCUT2D eigenvalue weighted by atomic mass is 35.5. The van der Waals surface area contributed by atoms with Crippen molar-refractivity contribution < 1.29 is 19.7 Å². The molecule has 4 aromatic rings. The number of aliphatic imine (C=N–C) groups is 1. The van der Waals surface area contributed by atoms with E-state index in [0.29, 0.717) is 47.8 Å². The molecule has 5 nitrogen and oxygen atoms in total. The zero-order valence-corrected chi connectivity index (χ0v) is 32.0. The van der Waals surface area contributed by atoms with Crippen LogP contribution < -0.4 is 9.47 Å². The summed E-state index contributed by atoms with van der Waals surface area (Å²) in [4.78, 5) is 5.17. The number of benzene rings is 4. The van der Waals surface area contributed by atoms with E-state index in [1.54, 1.807) is 24.4 Å². The lowest BCUT2D eigenvalue weighted by atomic mass is 9.73. The first-order chi connectivity index (χ1) is 23.7. The van der Waals surface area contributed by atoms with E-state index in [4.69, 9.17) is 26.1 Å². The molecule has 50 heavy (non-hydrogen) atoms. The molecule has 4 rings (SSSR count). The van der Waals surface area contributed by atoms with E-state index in [0.717, 1.165) is 42.4 Å². The van der Waals surface area contributed by atoms with Gasteiger partial charge in [0, 0.05) is 22.9 Å². The Hall–Kier alpha value is -3.80. The largest absolute Gasteiger partial charge is 0.506 e. The van der Waals surface area contributed by atoms with Crippen molar-refractivity contribution in [2.75, 3.05) is 13.2 Å². The second-order valence-electron chi connectivity index (χ2n) is 15.3. The number of hydrogen-bond donors (Lipinski definition) is 2. The molecule has 1 unspecified atom stereocenters. The van der Waals surface area contributed by atoms with Crippen LogP contribution in [0.4, 0.5) is 0 Å².